The van der Waals surface area contributed by atoms with Crippen molar-refractivity contribution in [1.82, 2.24) is 4.90 Å². The molecule has 2 unspecified atom stereocenters. The monoisotopic (exact) mass is 246 g/mol. The van der Waals surface area contributed by atoms with E-state index >= 15 is 0 Å². The Bertz CT molecular complexity index is 403. The summed E-state index contributed by atoms with van der Waals surface area (Å²) >= 11 is 0. The number of benzene rings is 1. The highest BCUT2D eigenvalue weighted by Crippen LogP contribution is 2.23. The molecule has 3 nitrogen and oxygen atoms in total. The molecular formula is C15H22N2O. The van der Waals surface area contributed by atoms with Crippen molar-refractivity contribution in [2.24, 2.45) is 0 Å². The molecule has 1 N–H and O–H groups in total. The van der Waals surface area contributed by atoms with Gasteiger partial charge in [0.05, 0.1) is 0 Å². The highest BCUT2D eigenvalue weighted by molar-refractivity contribution is 5.89. The first kappa shape index (κ1) is 12.9. The summed E-state index contributed by atoms with van der Waals surface area (Å²) in [4.78, 5) is 14.3. The van der Waals surface area contributed by atoms with Crippen molar-refractivity contribution >= 4 is 11.7 Å². The second-order valence-electron chi connectivity index (χ2n) is 5.33. The topological polar surface area (TPSA) is 32.3 Å². The molecule has 0 aliphatic carbocycles. The molecule has 0 bridgehead atoms. The van der Waals surface area contributed by atoms with E-state index in [-0.39, 0.29) is 6.03 Å². The van der Waals surface area contributed by atoms with E-state index in [0.29, 0.717) is 12.1 Å². The minimum atomic E-state index is 0.0264. The van der Waals surface area contributed by atoms with Crippen molar-refractivity contribution in [3.05, 3.63) is 29.8 Å². The number of anilines is 1. The minimum Gasteiger partial charge on any atom is -0.319 e. The van der Waals surface area contributed by atoms with E-state index in [1.807, 2.05) is 36.1 Å². The van der Waals surface area contributed by atoms with Gasteiger partial charge in [-0.3, -0.25) is 0 Å². The van der Waals surface area contributed by atoms with Crippen molar-refractivity contribution < 1.29 is 4.79 Å². The van der Waals surface area contributed by atoms with E-state index in [4.69, 9.17) is 0 Å². The summed E-state index contributed by atoms with van der Waals surface area (Å²) in [5, 5.41) is 2.99. The molecule has 3 heteroatoms. The maximum Gasteiger partial charge on any atom is 0.322 e. The van der Waals surface area contributed by atoms with Gasteiger partial charge < -0.3 is 10.2 Å². The second-order valence-corrected chi connectivity index (χ2v) is 5.33. The van der Waals surface area contributed by atoms with Crippen molar-refractivity contribution in [3.63, 3.8) is 0 Å². The van der Waals surface area contributed by atoms with Gasteiger partial charge in [-0.2, -0.15) is 0 Å². The van der Waals surface area contributed by atoms with E-state index in [9.17, 15) is 4.79 Å². The number of hydrogen-bond acceptors (Lipinski definition) is 1. The number of aryl methyl sites for hydroxylation is 1. The van der Waals surface area contributed by atoms with Gasteiger partial charge in [-0.05, 0) is 52.2 Å². The lowest BCUT2D eigenvalue weighted by atomic mass is 9.98. The van der Waals surface area contributed by atoms with Gasteiger partial charge in [0, 0.05) is 17.8 Å². The molecule has 2 rings (SSSR count). The van der Waals surface area contributed by atoms with Crippen LogP contribution in [0.25, 0.3) is 0 Å². The van der Waals surface area contributed by atoms with Crippen LogP contribution in [-0.4, -0.2) is 23.0 Å². The molecule has 1 aromatic rings. The van der Waals surface area contributed by atoms with Crippen LogP contribution >= 0.6 is 0 Å². The number of piperidine rings is 1. The molecule has 0 radical (unpaired) electrons. The van der Waals surface area contributed by atoms with Crippen LogP contribution < -0.4 is 5.32 Å². The summed E-state index contributed by atoms with van der Waals surface area (Å²) in [6, 6.07) is 8.62. The maximum atomic E-state index is 12.3. The average Bonchev–Trinajstić information content (AvgIpc) is 2.32. The largest absolute Gasteiger partial charge is 0.322 e. The molecule has 1 fully saturated rings. The second kappa shape index (κ2) is 5.42. The Balaban J connectivity index is 2.04. The Kier molecular flexibility index (Phi) is 3.90. The Hall–Kier alpha value is -1.51. The number of carbonyl (C=O) groups is 1. The molecule has 1 heterocycles. The molecule has 2 amide bonds. The lowest BCUT2D eigenvalue weighted by molar-refractivity contribution is 0.133. The molecule has 98 valence electrons. The van der Waals surface area contributed by atoms with Gasteiger partial charge in [0.15, 0.2) is 0 Å². The number of nitrogens with zero attached hydrogens (tertiary/aromatic N) is 1. The minimum absolute atomic E-state index is 0.0264. The van der Waals surface area contributed by atoms with Gasteiger partial charge in [0.25, 0.3) is 0 Å². The number of carbonyl (C=O) groups excluding carboxylic acids is 1. The molecule has 0 saturated carbocycles. The van der Waals surface area contributed by atoms with Crippen molar-refractivity contribution in [3.8, 4) is 0 Å². The van der Waals surface area contributed by atoms with Gasteiger partial charge >= 0.3 is 6.03 Å². The number of amides is 2. The molecular weight excluding hydrogens is 224 g/mol. The Labute approximate surface area is 109 Å². The van der Waals surface area contributed by atoms with Crippen molar-refractivity contribution in [2.75, 3.05) is 5.32 Å². The molecule has 1 aliphatic rings. The summed E-state index contributed by atoms with van der Waals surface area (Å²) in [5.41, 5.74) is 2.07. The molecule has 1 aromatic carbocycles. The molecule has 0 spiro atoms. The number of urea groups is 1. The zero-order valence-corrected chi connectivity index (χ0v) is 11.4. The van der Waals surface area contributed by atoms with Crippen LogP contribution in [0.2, 0.25) is 0 Å². The highest BCUT2D eigenvalue weighted by atomic mass is 16.2. The van der Waals surface area contributed by atoms with Crippen LogP contribution in [0.3, 0.4) is 0 Å². The van der Waals surface area contributed by atoms with Crippen molar-refractivity contribution in [1.29, 1.82) is 0 Å². The lowest BCUT2D eigenvalue weighted by Gasteiger charge is -2.38. The number of nitrogens with one attached hydrogen (secondary N) is 1. The van der Waals surface area contributed by atoms with E-state index in [2.05, 4.69) is 19.2 Å². The highest BCUT2D eigenvalue weighted by Gasteiger charge is 2.28. The Morgan fingerprint density at radius 2 is 1.72 bits per heavy atom. The van der Waals surface area contributed by atoms with Crippen LogP contribution in [0.4, 0.5) is 10.5 Å². The Morgan fingerprint density at radius 1 is 1.17 bits per heavy atom. The predicted octanol–water partition coefficient (Wildman–Crippen LogP) is 3.79. The van der Waals surface area contributed by atoms with E-state index < -0.39 is 0 Å². The van der Waals surface area contributed by atoms with Gasteiger partial charge in [0.1, 0.15) is 0 Å². The SMILES string of the molecule is Cc1ccc(NC(=O)N2C(C)CCCC2C)cc1. The fraction of sp³-hybridized carbons (Fsp3) is 0.533. The van der Waals surface area contributed by atoms with Gasteiger partial charge in [0.2, 0.25) is 0 Å². The van der Waals surface area contributed by atoms with E-state index in [1.54, 1.807) is 0 Å². The van der Waals surface area contributed by atoms with Crippen LogP contribution in [0.1, 0.15) is 38.7 Å². The third-order valence-electron chi connectivity index (χ3n) is 3.73. The first-order valence-corrected chi connectivity index (χ1v) is 6.74. The zero-order valence-electron chi connectivity index (χ0n) is 11.4. The van der Waals surface area contributed by atoms with Crippen LogP contribution in [0.15, 0.2) is 24.3 Å². The third kappa shape index (κ3) is 2.84. The molecule has 2 atom stereocenters. The number of hydrogen-bond donors (Lipinski definition) is 1. The first-order valence-electron chi connectivity index (χ1n) is 6.74. The molecule has 1 saturated heterocycles. The average molecular weight is 246 g/mol. The van der Waals surface area contributed by atoms with Gasteiger partial charge in [-0.25, -0.2) is 4.79 Å². The van der Waals surface area contributed by atoms with Gasteiger partial charge in [-0.15, -0.1) is 0 Å². The lowest BCUT2D eigenvalue weighted by Crippen LogP contribution is -2.49. The van der Waals surface area contributed by atoms with Crippen LogP contribution in [0.5, 0.6) is 0 Å². The van der Waals surface area contributed by atoms with Crippen LogP contribution in [0, 0.1) is 6.92 Å². The third-order valence-corrected chi connectivity index (χ3v) is 3.73. The molecule has 1 aliphatic heterocycles. The molecule has 0 aromatic heterocycles. The van der Waals surface area contributed by atoms with E-state index in [1.165, 1.54) is 12.0 Å². The fourth-order valence-electron chi connectivity index (χ4n) is 2.65. The predicted molar refractivity (Wildman–Crippen MR) is 74.8 cm³/mol. The van der Waals surface area contributed by atoms with Crippen LogP contribution in [-0.2, 0) is 0 Å². The fourth-order valence-corrected chi connectivity index (χ4v) is 2.65. The Morgan fingerprint density at radius 3 is 2.28 bits per heavy atom. The van der Waals surface area contributed by atoms with E-state index in [0.717, 1.165) is 18.5 Å². The summed E-state index contributed by atoms with van der Waals surface area (Å²) in [7, 11) is 0. The molecule has 18 heavy (non-hydrogen) atoms. The summed E-state index contributed by atoms with van der Waals surface area (Å²) in [6.45, 7) is 6.30. The van der Waals surface area contributed by atoms with Crippen molar-refractivity contribution in [2.45, 2.75) is 52.1 Å². The van der Waals surface area contributed by atoms with Gasteiger partial charge in [-0.1, -0.05) is 17.7 Å². The first-order chi connectivity index (χ1) is 8.58. The quantitative estimate of drug-likeness (QED) is 0.803. The number of rotatable bonds is 1. The standard InChI is InChI=1S/C15H22N2O/c1-11-7-9-14(10-8-11)16-15(18)17-12(2)5-4-6-13(17)3/h7-10,12-13H,4-6H2,1-3H3,(H,16,18). The summed E-state index contributed by atoms with van der Waals surface area (Å²) in [5.74, 6) is 0. The smallest absolute Gasteiger partial charge is 0.319 e. The normalized spacial score (nSPS) is 23.8. The summed E-state index contributed by atoms with van der Waals surface area (Å²) < 4.78 is 0. The maximum absolute atomic E-state index is 12.3. The number of likely N-dealkylation sites (tertiary alicyclic amines) is 1. The zero-order chi connectivity index (χ0) is 13.1. The summed E-state index contributed by atoms with van der Waals surface area (Å²) in [6.07, 6.45) is 3.42.